The third kappa shape index (κ3) is 5.23. The Hall–Kier alpha value is -2.22. The minimum Gasteiger partial charge on any atom is -0.380 e. The molecule has 2 aromatic rings. The molecule has 1 saturated heterocycles. The van der Waals surface area contributed by atoms with Gasteiger partial charge in [0, 0.05) is 31.5 Å². The normalized spacial score (nSPS) is 20.4. The minimum absolute atomic E-state index is 0.249. The molecular formula is C22H28N2O4S. The maximum atomic E-state index is 13.0. The second-order valence-corrected chi connectivity index (χ2v) is 9.82. The topological polar surface area (TPSA) is 75.7 Å². The van der Waals surface area contributed by atoms with E-state index in [4.69, 9.17) is 4.74 Å². The van der Waals surface area contributed by atoms with Gasteiger partial charge in [0.25, 0.3) is 5.91 Å². The van der Waals surface area contributed by atoms with Gasteiger partial charge in [-0.15, -0.1) is 0 Å². The number of sulfonamides is 1. The molecule has 0 aliphatic carbocycles. The molecule has 1 heterocycles. The van der Waals surface area contributed by atoms with E-state index in [0.717, 1.165) is 12.0 Å². The number of hydrogen-bond donors (Lipinski definition) is 1. The summed E-state index contributed by atoms with van der Waals surface area (Å²) in [6.07, 6.45) is 1.04. The van der Waals surface area contributed by atoms with Crippen LogP contribution in [0.15, 0.2) is 53.4 Å². The van der Waals surface area contributed by atoms with E-state index in [2.05, 4.69) is 19.2 Å². The minimum atomic E-state index is -3.53. The molecule has 1 aliphatic rings. The van der Waals surface area contributed by atoms with Crippen LogP contribution in [0.2, 0.25) is 0 Å². The second kappa shape index (κ2) is 9.07. The molecule has 7 heteroatoms. The third-order valence-electron chi connectivity index (χ3n) is 5.09. The molecular weight excluding hydrogens is 388 g/mol. The van der Waals surface area contributed by atoms with Gasteiger partial charge in [-0.3, -0.25) is 4.79 Å². The fraction of sp³-hybridized carbons (Fsp3) is 0.409. The number of carbonyl (C=O) groups is 1. The highest BCUT2D eigenvalue weighted by Gasteiger charge is 2.31. The number of rotatable bonds is 6. The zero-order chi connectivity index (χ0) is 21.0. The smallest absolute Gasteiger partial charge is 0.255 e. The van der Waals surface area contributed by atoms with Crippen LogP contribution in [-0.2, 0) is 21.4 Å². The van der Waals surface area contributed by atoms with Crippen LogP contribution in [-0.4, -0.2) is 38.8 Å². The first-order valence-electron chi connectivity index (χ1n) is 9.79. The van der Waals surface area contributed by atoms with Crippen LogP contribution in [0.25, 0.3) is 0 Å². The van der Waals surface area contributed by atoms with E-state index >= 15 is 0 Å². The van der Waals surface area contributed by atoms with E-state index in [9.17, 15) is 13.2 Å². The van der Waals surface area contributed by atoms with E-state index in [0.29, 0.717) is 42.8 Å². The molecule has 29 heavy (non-hydrogen) atoms. The Morgan fingerprint density at radius 1 is 1.10 bits per heavy atom. The average molecular weight is 417 g/mol. The molecule has 1 amide bonds. The highest BCUT2D eigenvalue weighted by atomic mass is 32.2. The van der Waals surface area contributed by atoms with Crippen molar-refractivity contribution in [2.75, 3.05) is 25.5 Å². The zero-order valence-corrected chi connectivity index (χ0v) is 17.9. The van der Waals surface area contributed by atoms with Crippen molar-refractivity contribution < 1.29 is 17.9 Å². The van der Waals surface area contributed by atoms with E-state index in [1.807, 2.05) is 6.07 Å². The lowest BCUT2D eigenvalue weighted by molar-refractivity contribution is 0.102. The van der Waals surface area contributed by atoms with Crippen LogP contribution in [0.4, 0.5) is 5.69 Å². The van der Waals surface area contributed by atoms with Crippen molar-refractivity contribution in [3.63, 3.8) is 0 Å². The lowest BCUT2D eigenvalue weighted by Gasteiger charge is -2.34. The molecule has 0 bridgehead atoms. The van der Waals surface area contributed by atoms with E-state index < -0.39 is 10.0 Å². The first-order valence-corrected chi connectivity index (χ1v) is 11.2. The fourth-order valence-corrected chi connectivity index (χ4v) is 5.51. The summed E-state index contributed by atoms with van der Waals surface area (Å²) in [6, 6.07) is 13.6. The number of hydrogen-bond acceptors (Lipinski definition) is 4. The number of carbonyl (C=O) groups excluding carboxylic acids is 1. The summed E-state index contributed by atoms with van der Waals surface area (Å²) in [7, 11) is -1.93. The molecule has 0 spiro atoms. The van der Waals surface area contributed by atoms with Gasteiger partial charge in [-0.05, 0) is 60.2 Å². The van der Waals surface area contributed by atoms with Crippen LogP contribution in [0.3, 0.4) is 0 Å². The van der Waals surface area contributed by atoms with Gasteiger partial charge >= 0.3 is 0 Å². The Labute approximate surface area is 172 Å². The summed E-state index contributed by atoms with van der Waals surface area (Å²) >= 11 is 0. The molecule has 3 rings (SSSR count). The van der Waals surface area contributed by atoms with Gasteiger partial charge in [0.1, 0.15) is 0 Å². The Bertz CT molecular complexity index is 947. The van der Waals surface area contributed by atoms with Crippen molar-refractivity contribution in [3.05, 3.63) is 59.7 Å². The molecule has 0 aromatic heterocycles. The van der Waals surface area contributed by atoms with Gasteiger partial charge in [0.05, 0.1) is 11.5 Å². The average Bonchev–Trinajstić information content (AvgIpc) is 2.68. The Morgan fingerprint density at radius 3 is 2.38 bits per heavy atom. The molecule has 6 nitrogen and oxygen atoms in total. The van der Waals surface area contributed by atoms with E-state index in [1.165, 1.54) is 0 Å². The van der Waals surface area contributed by atoms with Crippen LogP contribution in [0.5, 0.6) is 0 Å². The van der Waals surface area contributed by atoms with Crippen LogP contribution < -0.4 is 5.32 Å². The lowest BCUT2D eigenvalue weighted by atomic mass is 9.94. The highest BCUT2D eigenvalue weighted by molar-refractivity contribution is 7.89. The molecule has 1 N–H and O–H groups in total. The molecule has 2 atom stereocenters. The molecule has 2 aromatic carbocycles. The summed E-state index contributed by atoms with van der Waals surface area (Å²) < 4.78 is 32.6. The SMILES string of the molecule is COCc1cccc(C(=O)Nc2ccc(S(=O)(=O)N3CC(C)CC(C)C3)cc2)c1. The van der Waals surface area contributed by atoms with Crippen LogP contribution in [0.1, 0.15) is 36.2 Å². The second-order valence-electron chi connectivity index (χ2n) is 7.88. The largest absolute Gasteiger partial charge is 0.380 e. The molecule has 1 aliphatic heterocycles. The Morgan fingerprint density at radius 2 is 1.76 bits per heavy atom. The van der Waals surface area contributed by atoms with Crippen LogP contribution in [0, 0.1) is 11.8 Å². The van der Waals surface area contributed by atoms with Crippen molar-refractivity contribution in [2.24, 2.45) is 11.8 Å². The van der Waals surface area contributed by atoms with Crippen molar-refractivity contribution in [2.45, 2.75) is 31.8 Å². The fourth-order valence-electron chi connectivity index (χ4n) is 3.83. The summed E-state index contributed by atoms with van der Waals surface area (Å²) in [5.74, 6) is 0.444. The number of nitrogens with one attached hydrogen (secondary N) is 1. The maximum Gasteiger partial charge on any atom is 0.255 e. The summed E-state index contributed by atoms with van der Waals surface area (Å²) in [6.45, 7) is 5.68. The number of anilines is 1. The lowest BCUT2D eigenvalue weighted by Crippen LogP contribution is -2.42. The van der Waals surface area contributed by atoms with Crippen molar-refractivity contribution in [1.82, 2.24) is 4.31 Å². The van der Waals surface area contributed by atoms with Gasteiger partial charge in [-0.1, -0.05) is 26.0 Å². The van der Waals surface area contributed by atoms with Gasteiger partial charge in [-0.25, -0.2) is 8.42 Å². The number of methoxy groups -OCH3 is 1. The van der Waals surface area contributed by atoms with Gasteiger partial charge in [0.2, 0.25) is 10.0 Å². The molecule has 1 fully saturated rings. The van der Waals surface area contributed by atoms with Gasteiger partial charge in [0.15, 0.2) is 0 Å². The quantitative estimate of drug-likeness (QED) is 0.778. The molecule has 0 saturated carbocycles. The number of ether oxygens (including phenoxy) is 1. The third-order valence-corrected chi connectivity index (χ3v) is 6.93. The number of nitrogens with zero attached hydrogens (tertiary/aromatic N) is 1. The molecule has 0 radical (unpaired) electrons. The van der Waals surface area contributed by atoms with E-state index in [-0.39, 0.29) is 10.8 Å². The Kier molecular flexibility index (Phi) is 6.72. The Balaban J connectivity index is 1.71. The zero-order valence-electron chi connectivity index (χ0n) is 17.1. The summed E-state index contributed by atoms with van der Waals surface area (Å²) in [5, 5.41) is 2.81. The summed E-state index contributed by atoms with van der Waals surface area (Å²) in [4.78, 5) is 12.7. The van der Waals surface area contributed by atoms with Gasteiger partial charge < -0.3 is 10.1 Å². The monoisotopic (exact) mass is 416 g/mol. The number of piperidine rings is 1. The predicted molar refractivity (Wildman–Crippen MR) is 113 cm³/mol. The first-order chi connectivity index (χ1) is 13.8. The molecule has 2 unspecified atom stereocenters. The van der Waals surface area contributed by atoms with Crippen molar-refractivity contribution >= 4 is 21.6 Å². The standard InChI is InChI=1S/C22H28N2O4S/c1-16-11-17(2)14-24(13-16)29(26,27)21-9-7-20(8-10-21)23-22(25)19-6-4-5-18(12-19)15-28-3/h4-10,12,16-17H,11,13-15H2,1-3H3,(H,23,25). The van der Waals surface area contributed by atoms with Crippen molar-refractivity contribution in [3.8, 4) is 0 Å². The highest BCUT2D eigenvalue weighted by Crippen LogP contribution is 2.27. The number of benzene rings is 2. The first kappa shape index (κ1) is 21.5. The summed E-state index contributed by atoms with van der Waals surface area (Å²) in [5.41, 5.74) is 1.98. The maximum absolute atomic E-state index is 13.0. The van der Waals surface area contributed by atoms with Crippen LogP contribution >= 0.6 is 0 Å². The molecule has 156 valence electrons. The van der Waals surface area contributed by atoms with E-state index in [1.54, 1.807) is 53.9 Å². The van der Waals surface area contributed by atoms with Crippen molar-refractivity contribution in [1.29, 1.82) is 0 Å². The number of amides is 1. The predicted octanol–water partition coefficient (Wildman–Crippen LogP) is 3.75. The van der Waals surface area contributed by atoms with Gasteiger partial charge in [-0.2, -0.15) is 4.31 Å².